The van der Waals surface area contributed by atoms with Crippen LogP contribution in [0.3, 0.4) is 0 Å². The first kappa shape index (κ1) is 18.4. The summed E-state index contributed by atoms with van der Waals surface area (Å²) in [6.07, 6.45) is 7.19. The molecule has 1 aromatic heterocycles. The standard InChI is InChI=1S/C22H26N2O2S/c1-4-14(5-2)15-9-11-24-20(12-15)21(27-22(24)25)17-8-10-23-19-7-6-16(26-3)13-18(17)19/h4,6-8,10,13-15,20-21H,1,5,9,11-12H2,2-3H3/t14-,15-,20-,21-/m0/s1. The van der Waals surface area contributed by atoms with Crippen molar-refractivity contribution in [1.29, 1.82) is 0 Å². The van der Waals surface area contributed by atoms with Gasteiger partial charge in [-0.3, -0.25) is 9.78 Å². The number of carbonyl (C=O) groups is 1. The van der Waals surface area contributed by atoms with Gasteiger partial charge in [-0.15, -0.1) is 6.58 Å². The van der Waals surface area contributed by atoms with Gasteiger partial charge < -0.3 is 9.64 Å². The molecular formula is C22H26N2O2S. The molecule has 2 saturated heterocycles. The fourth-order valence-electron chi connectivity index (χ4n) is 4.67. The maximum absolute atomic E-state index is 12.7. The Bertz CT molecular complexity index is 869. The van der Waals surface area contributed by atoms with Gasteiger partial charge in [0, 0.05) is 24.2 Å². The molecule has 0 bridgehead atoms. The van der Waals surface area contributed by atoms with Gasteiger partial charge >= 0.3 is 0 Å². The summed E-state index contributed by atoms with van der Waals surface area (Å²) in [5, 5.41) is 1.44. The summed E-state index contributed by atoms with van der Waals surface area (Å²) >= 11 is 1.47. The first-order valence-corrected chi connectivity index (χ1v) is 10.6. The van der Waals surface area contributed by atoms with Gasteiger partial charge in [0.25, 0.3) is 5.24 Å². The van der Waals surface area contributed by atoms with Crippen LogP contribution in [0.15, 0.2) is 43.1 Å². The molecule has 3 heterocycles. The molecule has 27 heavy (non-hydrogen) atoms. The van der Waals surface area contributed by atoms with Gasteiger partial charge in [-0.25, -0.2) is 0 Å². The van der Waals surface area contributed by atoms with E-state index in [4.69, 9.17) is 4.74 Å². The molecule has 0 aliphatic carbocycles. The van der Waals surface area contributed by atoms with Crippen LogP contribution < -0.4 is 4.74 Å². The van der Waals surface area contributed by atoms with Crippen molar-refractivity contribution < 1.29 is 9.53 Å². The summed E-state index contributed by atoms with van der Waals surface area (Å²) in [6, 6.07) is 8.29. The van der Waals surface area contributed by atoms with Gasteiger partial charge in [0.05, 0.1) is 17.9 Å². The van der Waals surface area contributed by atoms with Gasteiger partial charge in [0.2, 0.25) is 0 Å². The van der Waals surface area contributed by atoms with E-state index in [2.05, 4.69) is 35.5 Å². The third-order valence-corrected chi connectivity index (χ3v) is 7.42. The van der Waals surface area contributed by atoms with Crippen LogP contribution in [-0.2, 0) is 0 Å². The topological polar surface area (TPSA) is 42.4 Å². The zero-order valence-electron chi connectivity index (χ0n) is 15.9. The highest BCUT2D eigenvalue weighted by atomic mass is 32.2. The van der Waals surface area contributed by atoms with Crippen LogP contribution in [-0.4, -0.2) is 34.8 Å². The van der Waals surface area contributed by atoms with E-state index in [1.165, 1.54) is 17.3 Å². The lowest BCUT2D eigenvalue weighted by Crippen LogP contribution is -2.43. The van der Waals surface area contributed by atoms with E-state index in [0.717, 1.165) is 42.5 Å². The van der Waals surface area contributed by atoms with E-state index in [0.29, 0.717) is 11.8 Å². The molecule has 0 radical (unpaired) electrons. The Labute approximate surface area is 165 Å². The summed E-state index contributed by atoms with van der Waals surface area (Å²) in [7, 11) is 1.68. The Kier molecular flexibility index (Phi) is 5.13. The number of piperidine rings is 1. The number of fused-ring (bicyclic) bond motifs is 2. The van der Waals surface area contributed by atoms with E-state index in [9.17, 15) is 4.79 Å². The molecule has 1 amide bonds. The van der Waals surface area contributed by atoms with Gasteiger partial charge in [0.15, 0.2) is 0 Å². The van der Waals surface area contributed by atoms with E-state index >= 15 is 0 Å². The van der Waals surface area contributed by atoms with Gasteiger partial charge in [-0.2, -0.15) is 0 Å². The van der Waals surface area contributed by atoms with Gasteiger partial charge in [0.1, 0.15) is 5.75 Å². The number of nitrogens with zero attached hydrogens (tertiary/aromatic N) is 2. The number of carbonyl (C=O) groups excluding carboxylic acids is 1. The zero-order valence-corrected chi connectivity index (χ0v) is 16.7. The Balaban J connectivity index is 1.72. The quantitative estimate of drug-likeness (QED) is 0.646. The van der Waals surface area contributed by atoms with Crippen LogP contribution in [0, 0.1) is 11.8 Å². The maximum atomic E-state index is 12.7. The van der Waals surface area contributed by atoms with Gasteiger partial charge in [-0.1, -0.05) is 24.8 Å². The number of thioether (sulfide) groups is 1. The Morgan fingerprint density at radius 2 is 2.30 bits per heavy atom. The summed E-state index contributed by atoms with van der Waals surface area (Å²) in [5.74, 6) is 1.95. The SMILES string of the molecule is C=C[C@@H](CC)[C@H]1CCN2C(=O)S[C@@H](c3ccnc4ccc(OC)cc34)[C@@H]2C1. The lowest BCUT2D eigenvalue weighted by atomic mass is 9.78. The van der Waals surface area contributed by atoms with Crippen LogP contribution in [0.4, 0.5) is 4.79 Å². The number of aromatic nitrogens is 1. The van der Waals surface area contributed by atoms with E-state index < -0.39 is 0 Å². The van der Waals surface area contributed by atoms with Crippen molar-refractivity contribution in [2.75, 3.05) is 13.7 Å². The predicted octanol–water partition coefficient (Wildman–Crippen LogP) is 5.44. The zero-order chi connectivity index (χ0) is 19.0. The van der Waals surface area contributed by atoms with Crippen LogP contribution >= 0.6 is 11.8 Å². The smallest absolute Gasteiger partial charge is 0.282 e. The van der Waals surface area contributed by atoms with Crippen molar-refractivity contribution in [3.63, 3.8) is 0 Å². The number of allylic oxidation sites excluding steroid dienone is 1. The Morgan fingerprint density at radius 3 is 3.04 bits per heavy atom. The Morgan fingerprint density at radius 1 is 1.44 bits per heavy atom. The second-order valence-corrected chi connectivity index (χ2v) is 8.53. The predicted molar refractivity (Wildman–Crippen MR) is 111 cm³/mol. The molecular weight excluding hydrogens is 356 g/mol. The largest absolute Gasteiger partial charge is 0.497 e. The minimum atomic E-state index is 0.139. The summed E-state index contributed by atoms with van der Waals surface area (Å²) in [5.41, 5.74) is 2.14. The van der Waals surface area contributed by atoms with Crippen molar-refractivity contribution in [3.8, 4) is 5.75 Å². The molecule has 0 spiro atoms. The van der Waals surface area contributed by atoms with E-state index in [1.54, 1.807) is 7.11 Å². The minimum absolute atomic E-state index is 0.139. The molecule has 4 rings (SSSR count). The normalized spacial score (nSPS) is 26.1. The number of ether oxygens (including phenoxy) is 1. The van der Waals surface area contributed by atoms with Crippen LogP contribution in [0.5, 0.6) is 5.75 Å². The highest BCUT2D eigenvalue weighted by molar-refractivity contribution is 8.14. The molecule has 4 nitrogen and oxygen atoms in total. The van der Waals surface area contributed by atoms with Crippen LogP contribution in [0.2, 0.25) is 0 Å². The third-order valence-electron chi connectivity index (χ3n) is 6.17. The van der Waals surface area contributed by atoms with Crippen molar-refractivity contribution >= 4 is 27.9 Å². The molecule has 0 N–H and O–H groups in total. The lowest BCUT2D eigenvalue weighted by Gasteiger charge is -2.39. The third kappa shape index (κ3) is 3.22. The highest BCUT2D eigenvalue weighted by Gasteiger charge is 2.46. The second kappa shape index (κ2) is 7.55. The van der Waals surface area contributed by atoms with Crippen LogP contribution in [0.25, 0.3) is 10.9 Å². The van der Waals surface area contributed by atoms with Crippen LogP contribution in [0.1, 0.15) is 37.0 Å². The van der Waals surface area contributed by atoms with E-state index in [1.807, 2.05) is 24.4 Å². The van der Waals surface area contributed by atoms with Crippen molar-refractivity contribution in [3.05, 3.63) is 48.7 Å². The fraction of sp³-hybridized carbons (Fsp3) is 0.455. The summed E-state index contributed by atoms with van der Waals surface area (Å²) < 4.78 is 5.42. The number of hydrogen-bond acceptors (Lipinski definition) is 4. The van der Waals surface area contributed by atoms with Crippen molar-refractivity contribution in [2.45, 2.75) is 37.5 Å². The second-order valence-electron chi connectivity index (χ2n) is 7.44. The lowest BCUT2D eigenvalue weighted by molar-refractivity contribution is 0.133. The van der Waals surface area contributed by atoms with E-state index in [-0.39, 0.29) is 16.5 Å². The average Bonchev–Trinajstić information content (AvgIpc) is 3.04. The molecule has 1 aromatic carbocycles. The highest BCUT2D eigenvalue weighted by Crippen LogP contribution is 2.50. The molecule has 0 unspecified atom stereocenters. The number of methoxy groups -OCH3 is 1. The van der Waals surface area contributed by atoms with Crippen molar-refractivity contribution in [1.82, 2.24) is 9.88 Å². The number of rotatable bonds is 5. The molecule has 0 saturated carbocycles. The molecule has 4 atom stereocenters. The molecule has 2 aliphatic heterocycles. The number of amides is 1. The average molecular weight is 383 g/mol. The first-order chi connectivity index (χ1) is 13.2. The number of benzene rings is 1. The maximum Gasteiger partial charge on any atom is 0.282 e. The fourth-order valence-corrected chi connectivity index (χ4v) is 6.00. The summed E-state index contributed by atoms with van der Waals surface area (Å²) in [4.78, 5) is 19.3. The Hall–Kier alpha value is -2.01. The monoisotopic (exact) mass is 382 g/mol. The molecule has 5 heteroatoms. The molecule has 142 valence electrons. The number of pyridine rings is 1. The first-order valence-electron chi connectivity index (χ1n) is 9.68. The molecule has 2 aliphatic rings. The van der Waals surface area contributed by atoms with Gasteiger partial charge in [-0.05, 0) is 60.9 Å². The number of hydrogen-bond donors (Lipinski definition) is 0. The summed E-state index contributed by atoms with van der Waals surface area (Å²) in [6.45, 7) is 7.12. The molecule has 2 fully saturated rings. The molecule has 2 aromatic rings. The van der Waals surface area contributed by atoms with Crippen molar-refractivity contribution in [2.24, 2.45) is 11.8 Å². The minimum Gasteiger partial charge on any atom is -0.497 e.